The van der Waals surface area contributed by atoms with Gasteiger partial charge < -0.3 is 9.84 Å². The molecule has 106 valence electrons. The maximum atomic E-state index is 11.8. The third-order valence-electron chi connectivity index (χ3n) is 3.25. The molecule has 0 aromatic carbocycles. The van der Waals surface area contributed by atoms with E-state index in [1.54, 1.807) is 0 Å². The molecule has 1 saturated carbocycles. The average molecular weight is 276 g/mol. The van der Waals surface area contributed by atoms with Gasteiger partial charge >= 0.3 is 5.97 Å². The lowest BCUT2D eigenvalue weighted by Crippen LogP contribution is -2.20. The summed E-state index contributed by atoms with van der Waals surface area (Å²) in [4.78, 5) is 10.7. The van der Waals surface area contributed by atoms with Gasteiger partial charge in [-0.1, -0.05) is 13.8 Å². The van der Waals surface area contributed by atoms with Crippen LogP contribution in [0.3, 0.4) is 0 Å². The first-order valence-electron chi connectivity index (χ1n) is 6.58. The summed E-state index contributed by atoms with van der Waals surface area (Å²) in [6.07, 6.45) is 2.99. The molecule has 1 unspecified atom stereocenters. The zero-order valence-electron chi connectivity index (χ0n) is 11.3. The quantitative estimate of drug-likeness (QED) is 0.620. The summed E-state index contributed by atoms with van der Waals surface area (Å²) in [6, 6.07) is 0. The van der Waals surface area contributed by atoms with Crippen molar-refractivity contribution < 1.29 is 18.8 Å². The van der Waals surface area contributed by atoms with E-state index in [2.05, 4.69) is 13.8 Å². The number of carboxylic acids is 1. The highest BCUT2D eigenvalue weighted by Crippen LogP contribution is 2.49. The van der Waals surface area contributed by atoms with E-state index in [0.29, 0.717) is 24.0 Å². The predicted octanol–water partition coefficient (Wildman–Crippen LogP) is 2.05. The summed E-state index contributed by atoms with van der Waals surface area (Å²) in [5, 5.41) is 8.78. The van der Waals surface area contributed by atoms with E-state index in [4.69, 9.17) is 9.84 Å². The lowest BCUT2D eigenvalue weighted by Gasteiger charge is -2.12. The molecule has 0 amide bonds. The number of carboxylic acid groups (broad SMARTS) is 1. The first kappa shape index (κ1) is 15.6. The Balaban J connectivity index is 2.09. The Hall–Kier alpha value is -0.420. The molecule has 0 spiro atoms. The third kappa shape index (κ3) is 6.50. The van der Waals surface area contributed by atoms with Gasteiger partial charge in [-0.3, -0.25) is 9.00 Å². The van der Waals surface area contributed by atoms with Crippen LogP contribution < -0.4 is 0 Å². The van der Waals surface area contributed by atoms with Gasteiger partial charge in [-0.2, -0.15) is 0 Å². The van der Waals surface area contributed by atoms with Gasteiger partial charge in [0.05, 0.1) is 13.0 Å². The van der Waals surface area contributed by atoms with Crippen molar-refractivity contribution in [3.8, 4) is 0 Å². The SMILES string of the molecule is CC(C)CCOCCS(=O)CC1(CC(=O)O)CC1. The Bertz CT molecular complexity index is 297. The van der Waals surface area contributed by atoms with Gasteiger partial charge in [-0.15, -0.1) is 0 Å². The molecule has 0 aromatic heterocycles. The minimum atomic E-state index is -0.946. The molecule has 0 saturated heterocycles. The topological polar surface area (TPSA) is 63.6 Å². The van der Waals surface area contributed by atoms with Crippen molar-refractivity contribution in [1.29, 1.82) is 0 Å². The molecule has 0 heterocycles. The summed E-state index contributed by atoms with van der Waals surface area (Å²) in [6.45, 7) is 5.52. The highest BCUT2D eigenvalue weighted by Gasteiger charge is 2.45. The van der Waals surface area contributed by atoms with Crippen molar-refractivity contribution in [3.63, 3.8) is 0 Å². The normalized spacial score (nSPS) is 18.8. The van der Waals surface area contributed by atoms with Crippen molar-refractivity contribution in [2.75, 3.05) is 24.7 Å². The Morgan fingerprint density at radius 3 is 2.56 bits per heavy atom. The van der Waals surface area contributed by atoms with Crippen molar-refractivity contribution in [2.24, 2.45) is 11.3 Å². The van der Waals surface area contributed by atoms with Crippen LogP contribution in [0.5, 0.6) is 0 Å². The Kier molecular flexibility index (Phi) is 6.29. The molecule has 1 N–H and O–H groups in total. The highest BCUT2D eigenvalue weighted by molar-refractivity contribution is 7.85. The first-order chi connectivity index (χ1) is 8.43. The molecule has 0 radical (unpaired) electrons. The second-order valence-electron chi connectivity index (χ2n) is 5.65. The van der Waals surface area contributed by atoms with Gasteiger partial charge in [0.2, 0.25) is 0 Å². The monoisotopic (exact) mass is 276 g/mol. The summed E-state index contributed by atoms with van der Waals surface area (Å²) in [5.41, 5.74) is -0.172. The standard InChI is InChI=1S/C13H24O4S/c1-11(2)3-6-17-7-8-18(16)10-13(4-5-13)9-12(14)15/h11H,3-10H2,1-2H3,(H,14,15). The van der Waals surface area contributed by atoms with Crippen LogP contribution in [-0.2, 0) is 20.3 Å². The number of hydrogen-bond donors (Lipinski definition) is 1. The maximum absolute atomic E-state index is 11.8. The fourth-order valence-electron chi connectivity index (χ4n) is 1.86. The number of carbonyl (C=O) groups is 1. The average Bonchev–Trinajstić information content (AvgIpc) is 2.95. The first-order valence-corrected chi connectivity index (χ1v) is 8.07. The molecule has 4 nitrogen and oxygen atoms in total. The number of rotatable bonds is 10. The Labute approximate surface area is 112 Å². The van der Waals surface area contributed by atoms with Crippen LogP contribution >= 0.6 is 0 Å². The van der Waals surface area contributed by atoms with Gasteiger partial charge in [-0.25, -0.2) is 0 Å². The second-order valence-corrected chi connectivity index (χ2v) is 7.23. The molecule has 1 rings (SSSR count). The highest BCUT2D eigenvalue weighted by atomic mass is 32.2. The van der Waals surface area contributed by atoms with Crippen LogP contribution in [0.1, 0.15) is 39.5 Å². The van der Waals surface area contributed by atoms with Crippen LogP contribution in [0.2, 0.25) is 0 Å². The van der Waals surface area contributed by atoms with E-state index in [-0.39, 0.29) is 11.8 Å². The summed E-state index contributed by atoms with van der Waals surface area (Å²) < 4.78 is 17.2. The van der Waals surface area contributed by atoms with Crippen LogP contribution in [0.15, 0.2) is 0 Å². The number of hydrogen-bond acceptors (Lipinski definition) is 3. The Morgan fingerprint density at radius 2 is 2.06 bits per heavy atom. The second kappa shape index (κ2) is 7.24. The summed E-state index contributed by atoms with van der Waals surface area (Å²) in [5.74, 6) is 0.894. The van der Waals surface area contributed by atoms with E-state index in [9.17, 15) is 9.00 Å². The predicted molar refractivity (Wildman–Crippen MR) is 72.1 cm³/mol. The molecule has 0 bridgehead atoms. The minimum absolute atomic E-state index is 0.160. The van der Waals surface area contributed by atoms with Crippen molar-refractivity contribution >= 4 is 16.8 Å². The smallest absolute Gasteiger partial charge is 0.303 e. The van der Waals surface area contributed by atoms with E-state index in [1.807, 2.05) is 0 Å². The maximum Gasteiger partial charge on any atom is 0.303 e. The van der Waals surface area contributed by atoms with E-state index in [1.165, 1.54) is 0 Å². The van der Waals surface area contributed by atoms with Crippen LogP contribution in [-0.4, -0.2) is 40.0 Å². The van der Waals surface area contributed by atoms with E-state index in [0.717, 1.165) is 25.9 Å². The molecular weight excluding hydrogens is 252 g/mol. The summed E-state index contributed by atoms with van der Waals surface area (Å²) in [7, 11) is -0.946. The molecule has 18 heavy (non-hydrogen) atoms. The molecular formula is C13H24O4S. The zero-order valence-corrected chi connectivity index (χ0v) is 12.1. The van der Waals surface area contributed by atoms with Crippen LogP contribution in [0.4, 0.5) is 0 Å². The lowest BCUT2D eigenvalue weighted by molar-refractivity contribution is -0.138. The lowest BCUT2D eigenvalue weighted by atomic mass is 10.1. The third-order valence-corrected chi connectivity index (χ3v) is 4.80. The summed E-state index contributed by atoms with van der Waals surface area (Å²) >= 11 is 0. The van der Waals surface area contributed by atoms with E-state index < -0.39 is 16.8 Å². The Morgan fingerprint density at radius 1 is 1.39 bits per heavy atom. The van der Waals surface area contributed by atoms with Gasteiger partial charge in [0.25, 0.3) is 0 Å². The fourth-order valence-corrected chi connectivity index (χ4v) is 3.38. The molecule has 1 fully saturated rings. The zero-order chi connectivity index (χ0) is 13.6. The van der Waals surface area contributed by atoms with Crippen molar-refractivity contribution in [3.05, 3.63) is 0 Å². The van der Waals surface area contributed by atoms with Crippen LogP contribution in [0.25, 0.3) is 0 Å². The molecule has 5 heteroatoms. The molecule has 0 aliphatic heterocycles. The van der Waals surface area contributed by atoms with Gasteiger partial charge in [-0.05, 0) is 30.6 Å². The van der Waals surface area contributed by atoms with Gasteiger partial charge in [0, 0.05) is 28.9 Å². The van der Waals surface area contributed by atoms with Crippen molar-refractivity contribution in [1.82, 2.24) is 0 Å². The number of aliphatic carboxylic acids is 1. The van der Waals surface area contributed by atoms with Gasteiger partial charge in [0.1, 0.15) is 0 Å². The molecule has 0 aromatic rings. The van der Waals surface area contributed by atoms with Crippen molar-refractivity contribution in [2.45, 2.75) is 39.5 Å². The molecule has 1 atom stereocenters. The van der Waals surface area contributed by atoms with Gasteiger partial charge in [0.15, 0.2) is 0 Å². The van der Waals surface area contributed by atoms with E-state index >= 15 is 0 Å². The number of ether oxygens (including phenoxy) is 1. The minimum Gasteiger partial charge on any atom is -0.481 e. The molecule has 1 aliphatic rings. The molecule has 1 aliphatic carbocycles. The fraction of sp³-hybridized carbons (Fsp3) is 0.923. The largest absolute Gasteiger partial charge is 0.481 e. The van der Waals surface area contributed by atoms with Crippen LogP contribution in [0, 0.1) is 11.3 Å².